The molecular weight excluding hydrogens is 330 g/mol. The van der Waals surface area contributed by atoms with E-state index < -0.39 is 0 Å². The summed E-state index contributed by atoms with van der Waals surface area (Å²) in [6, 6.07) is 4.06. The number of aromatic nitrogens is 4. The first-order chi connectivity index (χ1) is 11.3. The van der Waals surface area contributed by atoms with Gasteiger partial charge in [-0.15, -0.1) is 16.4 Å². The molecule has 120 valence electrons. The summed E-state index contributed by atoms with van der Waals surface area (Å²) in [6.07, 6.45) is 4.22. The maximum Gasteiger partial charge on any atom is 0.264 e. The lowest BCUT2D eigenvalue weighted by atomic mass is 10.2. The van der Waals surface area contributed by atoms with Gasteiger partial charge in [-0.3, -0.25) is 4.79 Å². The van der Waals surface area contributed by atoms with E-state index in [1.54, 1.807) is 11.3 Å². The third kappa shape index (κ3) is 3.83. The van der Waals surface area contributed by atoms with Crippen molar-refractivity contribution in [1.29, 1.82) is 0 Å². The van der Waals surface area contributed by atoms with E-state index in [0.29, 0.717) is 17.8 Å². The molecule has 3 aromatic heterocycles. The number of hydrogen-bond donors (Lipinski definition) is 2. The Hall–Kier alpha value is -2.06. The number of thiophene rings is 1. The number of amides is 1. The summed E-state index contributed by atoms with van der Waals surface area (Å²) < 4.78 is 3.87. The molecule has 0 aromatic carbocycles. The quantitative estimate of drug-likeness (QED) is 0.688. The van der Waals surface area contributed by atoms with Crippen molar-refractivity contribution in [1.82, 2.24) is 24.9 Å². The Labute approximate surface area is 142 Å². The van der Waals surface area contributed by atoms with Gasteiger partial charge >= 0.3 is 0 Å². The highest BCUT2D eigenvalue weighted by atomic mass is 32.1. The van der Waals surface area contributed by atoms with Crippen LogP contribution in [0.1, 0.15) is 34.5 Å². The van der Waals surface area contributed by atoms with Crippen LogP contribution in [0, 0.1) is 0 Å². The molecule has 2 N–H and O–H groups in total. The van der Waals surface area contributed by atoms with Gasteiger partial charge in [0.1, 0.15) is 10.7 Å². The Morgan fingerprint density at radius 1 is 1.39 bits per heavy atom. The maximum absolute atomic E-state index is 12.2. The van der Waals surface area contributed by atoms with Gasteiger partial charge < -0.3 is 10.3 Å². The van der Waals surface area contributed by atoms with Crippen molar-refractivity contribution < 1.29 is 4.79 Å². The number of aromatic amines is 1. The Balaban J connectivity index is 1.53. The molecule has 0 aliphatic carbocycles. The standard InChI is InChI=1S/C15H17N5OS2/c1-2-4-10-14(23-20-19-10)15(21)16-7-6-13-17-9-11(18-13)12-5-3-8-22-12/h3,5,8-9H,2,4,6-7H2,1H3,(H,16,21)(H,17,18). The Kier molecular flexibility index (Phi) is 5.14. The van der Waals surface area contributed by atoms with Gasteiger partial charge in [-0.05, 0) is 29.4 Å². The zero-order valence-electron chi connectivity index (χ0n) is 12.7. The van der Waals surface area contributed by atoms with Crippen molar-refractivity contribution in [3.63, 3.8) is 0 Å². The average Bonchev–Trinajstić information content (AvgIpc) is 3.28. The average molecular weight is 347 g/mol. The normalized spacial score (nSPS) is 10.8. The van der Waals surface area contributed by atoms with Crippen molar-refractivity contribution >= 4 is 28.8 Å². The second kappa shape index (κ2) is 7.47. The van der Waals surface area contributed by atoms with Gasteiger partial charge in [0.05, 0.1) is 22.5 Å². The number of imidazole rings is 1. The van der Waals surface area contributed by atoms with Crippen LogP contribution < -0.4 is 5.32 Å². The molecule has 0 saturated heterocycles. The smallest absolute Gasteiger partial charge is 0.264 e. The highest BCUT2D eigenvalue weighted by Crippen LogP contribution is 2.22. The van der Waals surface area contributed by atoms with Crippen molar-refractivity contribution in [3.8, 4) is 10.6 Å². The molecule has 3 heterocycles. The predicted molar refractivity (Wildman–Crippen MR) is 91.8 cm³/mol. The SMILES string of the molecule is CCCc1nnsc1C(=O)NCCc1ncc(-c2cccs2)[nH]1. The van der Waals surface area contributed by atoms with E-state index in [1.165, 1.54) is 0 Å². The Morgan fingerprint density at radius 2 is 2.30 bits per heavy atom. The molecule has 1 amide bonds. The van der Waals surface area contributed by atoms with Crippen LogP contribution in [0.4, 0.5) is 0 Å². The first kappa shape index (κ1) is 15.8. The van der Waals surface area contributed by atoms with Crippen LogP contribution in [0.15, 0.2) is 23.7 Å². The van der Waals surface area contributed by atoms with Crippen LogP contribution >= 0.6 is 22.9 Å². The molecule has 0 atom stereocenters. The van der Waals surface area contributed by atoms with Gasteiger partial charge in [0.15, 0.2) is 0 Å². The Bertz CT molecular complexity index is 763. The highest BCUT2D eigenvalue weighted by molar-refractivity contribution is 7.13. The van der Waals surface area contributed by atoms with Crippen LogP contribution in [0.2, 0.25) is 0 Å². The third-order valence-corrected chi connectivity index (χ3v) is 4.98. The second-order valence-electron chi connectivity index (χ2n) is 5.03. The summed E-state index contributed by atoms with van der Waals surface area (Å²) in [4.78, 5) is 21.6. The lowest BCUT2D eigenvalue weighted by molar-refractivity contribution is 0.0957. The summed E-state index contributed by atoms with van der Waals surface area (Å²) in [7, 11) is 0. The first-order valence-corrected chi connectivity index (χ1v) is 9.10. The first-order valence-electron chi connectivity index (χ1n) is 7.45. The van der Waals surface area contributed by atoms with Gasteiger partial charge in [-0.1, -0.05) is 23.9 Å². The summed E-state index contributed by atoms with van der Waals surface area (Å²) in [5.41, 5.74) is 1.80. The van der Waals surface area contributed by atoms with E-state index in [4.69, 9.17) is 0 Å². The Morgan fingerprint density at radius 3 is 3.09 bits per heavy atom. The van der Waals surface area contributed by atoms with Crippen LogP contribution in [-0.4, -0.2) is 32.0 Å². The lowest BCUT2D eigenvalue weighted by Gasteiger charge is -2.03. The molecule has 0 aliphatic rings. The van der Waals surface area contributed by atoms with E-state index in [2.05, 4.69) is 37.9 Å². The molecule has 6 nitrogen and oxygen atoms in total. The van der Waals surface area contributed by atoms with Gasteiger partial charge in [0.2, 0.25) is 0 Å². The van der Waals surface area contributed by atoms with Crippen LogP contribution in [0.25, 0.3) is 10.6 Å². The van der Waals surface area contributed by atoms with Crippen molar-refractivity contribution in [2.75, 3.05) is 6.54 Å². The van der Waals surface area contributed by atoms with Crippen molar-refractivity contribution in [2.45, 2.75) is 26.2 Å². The monoisotopic (exact) mass is 347 g/mol. The number of carbonyl (C=O) groups is 1. The van der Waals surface area contributed by atoms with Crippen LogP contribution in [0.5, 0.6) is 0 Å². The van der Waals surface area contributed by atoms with Crippen LogP contribution in [0.3, 0.4) is 0 Å². The summed E-state index contributed by atoms with van der Waals surface area (Å²) in [6.45, 7) is 2.59. The largest absolute Gasteiger partial charge is 0.351 e. The van der Waals surface area contributed by atoms with E-state index in [1.807, 2.05) is 17.6 Å². The minimum Gasteiger partial charge on any atom is -0.351 e. The number of rotatable bonds is 7. The molecule has 0 aliphatic heterocycles. The molecule has 23 heavy (non-hydrogen) atoms. The number of hydrogen-bond acceptors (Lipinski definition) is 6. The molecular formula is C15H17N5OS2. The second-order valence-corrected chi connectivity index (χ2v) is 6.73. The zero-order valence-corrected chi connectivity index (χ0v) is 14.3. The van der Waals surface area contributed by atoms with Crippen molar-refractivity contribution in [2.24, 2.45) is 0 Å². The predicted octanol–water partition coefficient (Wildman–Crippen LogP) is 2.91. The summed E-state index contributed by atoms with van der Waals surface area (Å²) in [5.74, 6) is 0.762. The number of nitrogens with zero attached hydrogens (tertiary/aromatic N) is 3. The summed E-state index contributed by atoms with van der Waals surface area (Å²) in [5, 5.41) is 8.96. The molecule has 0 bridgehead atoms. The molecule has 3 rings (SSSR count). The minimum atomic E-state index is -0.103. The van der Waals surface area contributed by atoms with Crippen molar-refractivity contribution in [3.05, 3.63) is 40.1 Å². The number of H-pyrrole nitrogens is 1. The van der Waals surface area contributed by atoms with E-state index in [0.717, 1.165) is 46.5 Å². The highest BCUT2D eigenvalue weighted by Gasteiger charge is 2.15. The van der Waals surface area contributed by atoms with E-state index >= 15 is 0 Å². The molecule has 0 radical (unpaired) electrons. The lowest BCUT2D eigenvalue weighted by Crippen LogP contribution is -2.26. The number of aryl methyl sites for hydroxylation is 1. The minimum absolute atomic E-state index is 0.103. The van der Waals surface area contributed by atoms with Gasteiger partial charge in [-0.25, -0.2) is 4.98 Å². The fourth-order valence-electron chi connectivity index (χ4n) is 2.20. The van der Waals surface area contributed by atoms with Crippen LogP contribution in [-0.2, 0) is 12.8 Å². The molecule has 0 unspecified atom stereocenters. The molecule has 8 heteroatoms. The maximum atomic E-state index is 12.2. The van der Waals surface area contributed by atoms with Gasteiger partial charge in [-0.2, -0.15) is 0 Å². The fourth-order valence-corrected chi connectivity index (χ4v) is 3.52. The molecule has 3 aromatic rings. The molecule has 0 spiro atoms. The van der Waals surface area contributed by atoms with Gasteiger partial charge in [0, 0.05) is 13.0 Å². The van der Waals surface area contributed by atoms with Gasteiger partial charge in [0.25, 0.3) is 5.91 Å². The number of carbonyl (C=O) groups excluding carboxylic acids is 1. The van der Waals surface area contributed by atoms with E-state index in [-0.39, 0.29) is 5.91 Å². The topological polar surface area (TPSA) is 83.6 Å². The molecule has 0 saturated carbocycles. The summed E-state index contributed by atoms with van der Waals surface area (Å²) >= 11 is 2.82. The zero-order chi connectivity index (χ0) is 16.1. The van der Waals surface area contributed by atoms with E-state index in [9.17, 15) is 4.79 Å². The molecule has 0 fully saturated rings. The fraction of sp³-hybridized carbons (Fsp3) is 0.333. The third-order valence-electron chi connectivity index (χ3n) is 3.31. The number of nitrogens with one attached hydrogen (secondary N) is 2.